The van der Waals surface area contributed by atoms with Crippen molar-refractivity contribution >= 4 is 34.4 Å². The van der Waals surface area contributed by atoms with E-state index in [1.165, 1.54) is 0 Å². The van der Waals surface area contributed by atoms with E-state index in [4.69, 9.17) is 26.1 Å². The number of nitrogens with zero attached hydrogens (tertiary/aromatic N) is 2. The third-order valence-corrected chi connectivity index (χ3v) is 5.77. The average molecular weight is 453 g/mol. The Balaban J connectivity index is 1.63. The fraction of sp³-hybridized carbons (Fsp3) is 0.320. The Morgan fingerprint density at radius 3 is 2.56 bits per heavy atom. The zero-order valence-corrected chi connectivity index (χ0v) is 19.1. The van der Waals surface area contributed by atoms with Gasteiger partial charge in [-0.1, -0.05) is 41.9 Å². The van der Waals surface area contributed by atoms with Crippen LogP contribution in [0.5, 0.6) is 0 Å². The fourth-order valence-electron chi connectivity index (χ4n) is 4.16. The van der Waals surface area contributed by atoms with Gasteiger partial charge in [-0.3, -0.25) is 4.79 Å². The van der Waals surface area contributed by atoms with E-state index in [0.29, 0.717) is 45.8 Å². The molecular formula is C25H25ClN2O4. The SMILES string of the molecule is Cc1c(-c2cccc(Cl)c2)nc2ccccc2c1C(=O)OCC(=O)N1CC(C)OC(C)C1. The van der Waals surface area contributed by atoms with Gasteiger partial charge in [0.05, 0.1) is 29.0 Å². The average Bonchev–Trinajstić information content (AvgIpc) is 2.76. The molecule has 6 nitrogen and oxygen atoms in total. The lowest BCUT2D eigenvalue weighted by atomic mass is 9.98. The summed E-state index contributed by atoms with van der Waals surface area (Å²) in [5.41, 5.74) is 3.21. The smallest absolute Gasteiger partial charge is 0.339 e. The number of esters is 1. The molecule has 1 aromatic heterocycles. The monoisotopic (exact) mass is 452 g/mol. The van der Waals surface area contributed by atoms with Crippen molar-refractivity contribution < 1.29 is 19.1 Å². The molecule has 0 aliphatic carbocycles. The maximum atomic E-state index is 13.2. The van der Waals surface area contributed by atoms with Crippen molar-refractivity contribution in [3.63, 3.8) is 0 Å². The van der Waals surface area contributed by atoms with Crippen LogP contribution >= 0.6 is 11.6 Å². The highest BCUT2D eigenvalue weighted by Gasteiger charge is 2.27. The number of carbonyl (C=O) groups is 2. The molecule has 1 amide bonds. The van der Waals surface area contributed by atoms with Gasteiger partial charge in [0.25, 0.3) is 5.91 Å². The first-order valence-corrected chi connectivity index (χ1v) is 11.0. The Morgan fingerprint density at radius 2 is 1.84 bits per heavy atom. The summed E-state index contributed by atoms with van der Waals surface area (Å²) in [5.74, 6) is -0.779. The first-order valence-electron chi connectivity index (χ1n) is 10.6. The number of morpholine rings is 1. The minimum Gasteiger partial charge on any atom is -0.452 e. The van der Waals surface area contributed by atoms with E-state index < -0.39 is 5.97 Å². The molecule has 0 spiro atoms. The molecule has 0 bridgehead atoms. The van der Waals surface area contributed by atoms with Crippen molar-refractivity contribution in [2.24, 2.45) is 0 Å². The van der Waals surface area contributed by atoms with Crippen LogP contribution in [0.1, 0.15) is 29.8 Å². The maximum absolute atomic E-state index is 13.2. The molecule has 2 heterocycles. The van der Waals surface area contributed by atoms with Gasteiger partial charge in [-0.2, -0.15) is 0 Å². The molecule has 4 rings (SSSR count). The number of hydrogen-bond donors (Lipinski definition) is 0. The molecule has 1 saturated heterocycles. The van der Waals surface area contributed by atoms with Crippen LogP contribution in [0.25, 0.3) is 22.2 Å². The summed E-state index contributed by atoms with van der Waals surface area (Å²) >= 11 is 6.18. The lowest BCUT2D eigenvalue weighted by Gasteiger charge is -2.35. The molecule has 0 N–H and O–H groups in total. The molecule has 32 heavy (non-hydrogen) atoms. The largest absolute Gasteiger partial charge is 0.452 e. The van der Waals surface area contributed by atoms with Gasteiger partial charge in [-0.25, -0.2) is 9.78 Å². The second-order valence-corrected chi connectivity index (χ2v) is 8.56. The van der Waals surface area contributed by atoms with Gasteiger partial charge in [0.2, 0.25) is 0 Å². The minimum absolute atomic E-state index is 0.0509. The van der Waals surface area contributed by atoms with E-state index in [0.717, 1.165) is 5.56 Å². The quantitative estimate of drug-likeness (QED) is 0.539. The van der Waals surface area contributed by atoms with E-state index in [1.807, 2.05) is 63.2 Å². The van der Waals surface area contributed by atoms with E-state index in [9.17, 15) is 9.59 Å². The van der Waals surface area contributed by atoms with Crippen LogP contribution in [0, 0.1) is 6.92 Å². The predicted molar refractivity (Wildman–Crippen MR) is 124 cm³/mol. The van der Waals surface area contributed by atoms with Crippen molar-refractivity contribution in [1.82, 2.24) is 9.88 Å². The standard InChI is InChI=1S/C25H25ClN2O4/c1-15-12-28(13-16(2)32-15)22(29)14-31-25(30)23-17(3)24(18-7-6-8-19(26)11-18)27-21-10-5-4-9-20(21)23/h4-11,15-16H,12-14H2,1-3H3. The molecule has 3 aromatic rings. The highest BCUT2D eigenvalue weighted by atomic mass is 35.5. The van der Waals surface area contributed by atoms with Crippen LogP contribution in [0.15, 0.2) is 48.5 Å². The molecule has 2 atom stereocenters. The molecule has 1 aliphatic rings. The second-order valence-electron chi connectivity index (χ2n) is 8.12. The number of halogens is 1. The van der Waals surface area contributed by atoms with E-state index in [-0.39, 0.29) is 24.7 Å². The van der Waals surface area contributed by atoms with Crippen LogP contribution in [-0.2, 0) is 14.3 Å². The summed E-state index contributed by atoms with van der Waals surface area (Å²) in [6.07, 6.45) is -0.102. The van der Waals surface area contributed by atoms with Gasteiger partial charge in [-0.05, 0) is 44.5 Å². The van der Waals surface area contributed by atoms with Gasteiger partial charge in [0.15, 0.2) is 6.61 Å². The van der Waals surface area contributed by atoms with Crippen LogP contribution in [0.3, 0.4) is 0 Å². The van der Waals surface area contributed by atoms with E-state index in [1.54, 1.807) is 11.0 Å². The number of aromatic nitrogens is 1. The highest BCUT2D eigenvalue weighted by molar-refractivity contribution is 6.30. The third-order valence-electron chi connectivity index (χ3n) is 5.54. The Hall–Kier alpha value is -2.96. The zero-order chi connectivity index (χ0) is 22.8. The van der Waals surface area contributed by atoms with Crippen LogP contribution in [0.2, 0.25) is 5.02 Å². The normalized spacial score (nSPS) is 18.6. The predicted octanol–water partition coefficient (Wildman–Crippen LogP) is 4.66. The summed E-state index contributed by atoms with van der Waals surface area (Å²) in [6.45, 7) is 6.32. The van der Waals surface area contributed by atoms with Gasteiger partial charge in [0.1, 0.15) is 0 Å². The number of fused-ring (bicyclic) bond motifs is 1. The topological polar surface area (TPSA) is 68.7 Å². The summed E-state index contributed by atoms with van der Waals surface area (Å²) in [4.78, 5) is 32.3. The minimum atomic E-state index is -0.549. The first kappa shape index (κ1) is 22.2. The number of rotatable bonds is 4. The van der Waals surface area contributed by atoms with Crippen molar-refractivity contribution in [3.05, 3.63) is 64.7 Å². The number of ether oxygens (including phenoxy) is 2. The number of pyridine rings is 1. The molecule has 0 radical (unpaired) electrons. The van der Waals surface area contributed by atoms with Gasteiger partial charge < -0.3 is 14.4 Å². The molecule has 166 valence electrons. The van der Waals surface area contributed by atoms with Crippen molar-refractivity contribution in [2.75, 3.05) is 19.7 Å². The number of carbonyl (C=O) groups excluding carboxylic acids is 2. The van der Waals surface area contributed by atoms with Crippen LogP contribution in [-0.4, -0.2) is 53.7 Å². The maximum Gasteiger partial charge on any atom is 0.339 e. The van der Waals surface area contributed by atoms with Crippen molar-refractivity contribution in [2.45, 2.75) is 33.0 Å². The number of hydrogen-bond acceptors (Lipinski definition) is 5. The lowest BCUT2D eigenvalue weighted by molar-refractivity contribution is -0.146. The van der Waals surface area contributed by atoms with Gasteiger partial charge >= 0.3 is 5.97 Å². The molecule has 1 aliphatic heterocycles. The highest BCUT2D eigenvalue weighted by Crippen LogP contribution is 2.31. The Morgan fingerprint density at radius 1 is 1.12 bits per heavy atom. The molecule has 1 fully saturated rings. The molecule has 7 heteroatoms. The fourth-order valence-corrected chi connectivity index (χ4v) is 4.35. The Bertz CT molecular complexity index is 1170. The molecule has 2 aromatic carbocycles. The third kappa shape index (κ3) is 4.61. The number of para-hydroxylation sites is 1. The zero-order valence-electron chi connectivity index (χ0n) is 18.3. The summed E-state index contributed by atoms with van der Waals surface area (Å²) in [7, 11) is 0. The van der Waals surface area contributed by atoms with Crippen LogP contribution < -0.4 is 0 Å². The summed E-state index contributed by atoms with van der Waals surface area (Å²) in [5, 5.41) is 1.27. The van der Waals surface area contributed by atoms with Gasteiger partial charge in [0, 0.05) is 29.1 Å². The molecule has 0 saturated carbocycles. The van der Waals surface area contributed by atoms with Crippen molar-refractivity contribution in [1.29, 1.82) is 0 Å². The number of amides is 1. The number of benzene rings is 2. The molecule has 2 unspecified atom stereocenters. The molecular weight excluding hydrogens is 428 g/mol. The van der Waals surface area contributed by atoms with Crippen LogP contribution in [0.4, 0.5) is 0 Å². The summed E-state index contributed by atoms with van der Waals surface area (Å²) in [6, 6.07) is 14.7. The second kappa shape index (κ2) is 9.27. The van der Waals surface area contributed by atoms with Gasteiger partial charge in [-0.15, -0.1) is 0 Å². The van der Waals surface area contributed by atoms with Crippen molar-refractivity contribution in [3.8, 4) is 11.3 Å². The Kier molecular flexibility index (Phi) is 6.44. The van der Waals surface area contributed by atoms with E-state index in [2.05, 4.69) is 0 Å². The van der Waals surface area contributed by atoms with E-state index >= 15 is 0 Å². The Labute approximate surface area is 192 Å². The summed E-state index contributed by atoms with van der Waals surface area (Å²) < 4.78 is 11.2. The lowest BCUT2D eigenvalue weighted by Crippen LogP contribution is -2.49. The first-order chi connectivity index (χ1) is 15.3.